The first-order valence-corrected chi connectivity index (χ1v) is 11.9. The van der Waals surface area contributed by atoms with E-state index in [-0.39, 0.29) is 0 Å². The molecule has 3 aromatic rings. The Bertz CT molecular complexity index is 967. The summed E-state index contributed by atoms with van der Waals surface area (Å²) in [6, 6.07) is 24.3. The number of piperidine rings is 1. The van der Waals surface area contributed by atoms with Crippen LogP contribution in [0.2, 0.25) is 5.02 Å². The van der Waals surface area contributed by atoms with Crippen LogP contribution in [0.5, 0.6) is 0 Å². The molecule has 2 N–H and O–H groups in total. The smallest absolute Gasteiger partial charge is 0.178 e. The summed E-state index contributed by atoms with van der Waals surface area (Å²) in [5, 5.41) is 19.3. The maximum absolute atomic E-state index is 9.28. The van der Waals surface area contributed by atoms with Crippen molar-refractivity contribution >= 4 is 39.9 Å². The number of anilines is 1. The van der Waals surface area contributed by atoms with Crippen molar-refractivity contribution in [2.75, 3.05) is 18.0 Å². The summed E-state index contributed by atoms with van der Waals surface area (Å²) in [4.78, 5) is 2.39. The third kappa shape index (κ3) is 4.83. The fraction of sp³-hybridized carbons (Fsp3) is 0.280. The molecular formula is C25H25ClINO2. The van der Waals surface area contributed by atoms with Gasteiger partial charge < -0.3 is 15.1 Å². The van der Waals surface area contributed by atoms with Crippen LogP contribution in [0.15, 0.2) is 72.8 Å². The number of aliphatic hydroxyl groups excluding tert-OH is 1. The Kier molecular flexibility index (Phi) is 6.98. The van der Waals surface area contributed by atoms with Crippen molar-refractivity contribution < 1.29 is 10.2 Å². The number of aliphatic hydroxyl groups is 2. The third-order valence-electron chi connectivity index (χ3n) is 5.92. The Morgan fingerprint density at radius 3 is 2.13 bits per heavy atom. The van der Waals surface area contributed by atoms with Gasteiger partial charge in [-0.15, -0.1) is 0 Å². The SMILES string of the molecule is OC(O)c1ccc(N2CCC(C(I)c3ccccc3-c3ccc(Cl)cc3)CC2)cc1. The summed E-state index contributed by atoms with van der Waals surface area (Å²) < 4.78 is 0.448. The minimum atomic E-state index is -1.41. The Labute approximate surface area is 196 Å². The van der Waals surface area contributed by atoms with Gasteiger partial charge in [0.05, 0.1) is 0 Å². The normalized spacial score (nSPS) is 16.1. The second-order valence-electron chi connectivity index (χ2n) is 7.79. The Morgan fingerprint density at radius 1 is 0.867 bits per heavy atom. The summed E-state index contributed by atoms with van der Waals surface area (Å²) in [6.45, 7) is 2.02. The van der Waals surface area contributed by atoms with Gasteiger partial charge >= 0.3 is 0 Å². The van der Waals surface area contributed by atoms with Gasteiger partial charge in [-0.25, -0.2) is 0 Å². The van der Waals surface area contributed by atoms with Gasteiger partial charge in [0.2, 0.25) is 0 Å². The number of hydrogen-bond acceptors (Lipinski definition) is 3. The van der Waals surface area contributed by atoms with Crippen molar-refractivity contribution in [3.63, 3.8) is 0 Å². The molecule has 1 aliphatic rings. The van der Waals surface area contributed by atoms with Crippen LogP contribution in [0.25, 0.3) is 11.1 Å². The zero-order chi connectivity index (χ0) is 21.1. The molecule has 156 valence electrons. The van der Waals surface area contributed by atoms with E-state index in [2.05, 4.69) is 63.9 Å². The van der Waals surface area contributed by atoms with E-state index < -0.39 is 6.29 Å². The third-order valence-corrected chi connectivity index (χ3v) is 7.86. The highest BCUT2D eigenvalue weighted by Gasteiger charge is 2.27. The number of benzene rings is 3. The molecule has 0 amide bonds. The molecule has 1 atom stereocenters. The number of nitrogens with zero attached hydrogens (tertiary/aromatic N) is 1. The van der Waals surface area contributed by atoms with Crippen LogP contribution in [0.3, 0.4) is 0 Å². The molecule has 0 aliphatic carbocycles. The lowest BCUT2D eigenvalue weighted by Gasteiger charge is -2.36. The van der Waals surface area contributed by atoms with Crippen LogP contribution in [0.4, 0.5) is 5.69 Å². The molecule has 3 nitrogen and oxygen atoms in total. The molecule has 1 fully saturated rings. The molecule has 30 heavy (non-hydrogen) atoms. The molecule has 0 aromatic heterocycles. The predicted molar refractivity (Wildman–Crippen MR) is 132 cm³/mol. The second kappa shape index (κ2) is 9.69. The number of alkyl halides is 1. The van der Waals surface area contributed by atoms with E-state index in [1.807, 2.05) is 24.3 Å². The minimum Gasteiger partial charge on any atom is -0.372 e. The zero-order valence-corrected chi connectivity index (χ0v) is 19.5. The summed E-state index contributed by atoms with van der Waals surface area (Å²) in [5.41, 5.74) is 5.55. The lowest BCUT2D eigenvalue weighted by atomic mass is 9.86. The van der Waals surface area contributed by atoms with E-state index >= 15 is 0 Å². The monoisotopic (exact) mass is 533 g/mol. The molecule has 0 bridgehead atoms. The fourth-order valence-electron chi connectivity index (χ4n) is 4.19. The predicted octanol–water partition coefficient (Wildman–Crippen LogP) is 6.38. The lowest BCUT2D eigenvalue weighted by molar-refractivity contribution is -0.0424. The average molecular weight is 534 g/mol. The Hall–Kier alpha value is -1.60. The standard InChI is InChI=1S/C25H25ClINO2/c26-20-9-5-17(6-10-20)22-3-1-2-4-23(22)24(27)18-13-15-28(16-14-18)21-11-7-19(8-12-21)25(29)30/h1-12,18,24-25,29-30H,13-16H2. The van der Waals surface area contributed by atoms with Crippen LogP contribution in [-0.2, 0) is 0 Å². The first-order chi connectivity index (χ1) is 14.5. The minimum absolute atomic E-state index is 0.448. The van der Waals surface area contributed by atoms with Gasteiger partial charge in [-0.1, -0.05) is 82.7 Å². The molecule has 1 saturated heterocycles. The second-order valence-corrected chi connectivity index (χ2v) is 9.56. The van der Waals surface area contributed by atoms with Crippen molar-refractivity contribution in [2.24, 2.45) is 5.92 Å². The van der Waals surface area contributed by atoms with Crippen LogP contribution >= 0.6 is 34.2 Å². The molecule has 5 heteroatoms. The van der Waals surface area contributed by atoms with Gasteiger partial charge in [-0.2, -0.15) is 0 Å². The van der Waals surface area contributed by atoms with E-state index in [4.69, 9.17) is 11.6 Å². The van der Waals surface area contributed by atoms with Crippen LogP contribution < -0.4 is 4.90 Å². The summed E-state index contributed by atoms with van der Waals surface area (Å²) in [7, 11) is 0. The number of hydrogen-bond donors (Lipinski definition) is 2. The van der Waals surface area contributed by atoms with Gasteiger partial charge in [0, 0.05) is 33.3 Å². The Morgan fingerprint density at radius 2 is 1.50 bits per heavy atom. The van der Waals surface area contributed by atoms with E-state index in [1.165, 1.54) is 16.7 Å². The largest absolute Gasteiger partial charge is 0.372 e. The van der Waals surface area contributed by atoms with Crippen molar-refractivity contribution in [3.05, 3.63) is 88.9 Å². The number of rotatable bonds is 5. The topological polar surface area (TPSA) is 43.7 Å². The van der Waals surface area contributed by atoms with Crippen molar-refractivity contribution in [1.82, 2.24) is 0 Å². The van der Waals surface area contributed by atoms with Gasteiger partial charge in [-0.05, 0) is 59.7 Å². The fourth-order valence-corrected chi connectivity index (χ4v) is 5.58. The quantitative estimate of drug-likeness (QED) is 0.227. The highest BCUT2D eigenvalue weighted by molar-refractivity contribution is 14.1. The lowest BCUT2D eigenvalue weighted by Crippen LogP contribution is -2.34. The van der Waals surface area contributed by atoms with Crippen molar-refractivity contribution in [1.29, 1.82) is 0 Å². The highest BCUT2D eigenvalue weighted by Crippen LogP contribution is 2.42. The highest BCUT2D eigenvalue weighted by atomic mass is 127. The first kappa shape index (κ1) is 21.6. The summed E-state index contributed by atoms with van der Waals surface area (Å²) in [6.07, 6.45) is 0.852. The van der Waals surface area contributed by atoms with Crippen LogP contribution in [0, 0.1) is 5.92 Å². The molecule has 3 aromatic carbocycles. The maximum Gasteiger partial charge on any atom is 0.178 e. The van der Waals surface area contributed by atoms with E-state index in [9.17, 15) is 10.2 Å². The van der Waals surface area contributed by atoms with Gasteiger partial charge in [0.25, 0.3) is 0 Å². The first-order valence-electron chi connectivity index (χ1n) is 10.2. The van der Waals surface area contributed by atoms with Crippen LogP contribution in [-0.4, -0.2) is 23.3 Å². The zero-order valence-electron chi connectivity index (χ0n) is 16.6. The average Bonchev–Trinajstić information content (AvgIpc) is 2.79. The molecule has 1 heterocycles. The van der Waals surface area contributed by atoms with Crippen molar-refractivity contribution in [3.8, 4) is 11.1 Å². The van der Waals surface area contributed by atoms with Gasteiger partial charge in [0.1, 0.15) is 0 Å². The summed E-state index contributed by atoms with van der Waals surface area (Å²) >= 11 is 8.70. The molecular weight excluding hydrogens is 509 g/mol. The molecule has 4 rings (SSSR count). The van der Waals surface area contributed by atoms with Crippen LogP contribution in [0.1, 0.15) is 34.2 Å². The van der Waals surface area contributed by atoms with Crippen molar-refractivity contribution in [2.45, 2.75) is 23.1 Å². The number of halogens is 2. The molecule has 0 spiro atoms. The van der Waals surface area contributed by atoms with E-state index in [1.54, 1.807) is 12.1 Å². The molecule has 0 radical (unpaired) electrons. The molecule has 1 aliphatic heterocycles. The van der Waals surface area contributed by atoms with E-state index in [0.29, 0.717) is 15.4 Å². The van der Waals surface area contributed by atoms with Gasteiger partial charge in [-0.3, -0.25) is 0 Å². The molecule has 1 unspecified atom stereocenters. The maximum atomic E-state index is 9.28. The summed E-state index contributed by atoms with van der Waals surface area (Å²) in [5.74, 6) is 0.619. The van der Waals surface area contributed by atoms with E-state index in [0.717, 1.165) is 36.6 Å². The Balaban J connectivity index is 1.46. The molecule has 0 saturated carbocycles. The van der Waals surface area contributed by atoms with Gasteiger partial charge in [0.15, 0.2) is 6.29 Å².